The number of aliphatic hydroxyl groups excluding tert-OH is 3. The van der Waals surface area contributed by atoms with Crippen molar-refractivity contribution in [2.45, 2.75) is 30.5 Å². The predicted octanol–water partition coefficient (Wildman–Crippen LogP) is -3.20. The van der Waals surface area contributed by atoms with Crippen molar-refractivity contribution >= 4 is 18.0 Å². The summed E-state index contributed by atoms with van der Waals surface area (Å²) in [5.74, 6) is -0.914. The molecule has 17 heavy (non-hydrogen) atoms. The Morgan fingerprint density at radius 3 is 2.65 bits per heavy atom. The summed E-state index contributed by atoms with van der Waals surface area (Å²) in [6, 6.07) is -0.682. The van der Waals surface area contributed by atoms with Crippen LogP contribution in [0.3, 0.4) is 0 Å². The molecule has 8 nitrogen and oxygen atoms in total. The molecule has 0 aromatic heterocycles. The lowest BCUT2D eigenvalue weighted by molar-refractivity contribution is -0.112. The van der Waals surface area contributed by atoms with E-state index < -0.39 is 43.0 Å². The molecule has 2 heterocycles. The molecular weight excluding hydrogens is 230 g/mol. The maximum Gasteiger partial charge on any atom is 0.286 e. The Labute approximate surface area is 96.4 Å². The fraction of sp³-hybridized carbons (Fsp3) is 0.667. The van der Waals surface area contributed by atoms with Crippen LogP contribution in [0.25, 0.3) is 0 Å². The molecule has 2 aliphatic heterocycles. The molecule has 94 valence electrons. The minimum absolute atomic E-state index is 0.146. The van der Waals surface area contributed by atoms with Gasteiger partial charge in [0.15, 0.2) is 0 Å². The summed E-state index contributed by atoms with van der Waals surface area (Å²) in [4.78, 5) is 18.4. The second-order valence-corrected chi connectivity index (χ2v) is 3.89. The lowest BCUT2D eigenvalue weighted by Crippen LogP contribution is -2.38. The second kappa shape index (κ2) is 4.49. The average molecular weight is 243 g/mol. The van der Waals surface area contributed by atoms with E-state index in [2.05, 4.69) is 9.98 Å². The molecule has 0 bridgehead atoms. The van der Waals surface area contributed by atoms with E-state index in [1.54, 1.807) is 0 Å². The normalized spacial score (nSPS) is 40.6. The van der Waals surface area contributed by atoms with Gasteiger partial charge in [0.2, 0.25) is 5.84 Å². The molecule has 5 unspecified atom stereocenters. The molecule has 5 N–H and O–H groups in total. The van der Waals surface area contributed by atoms with Gasteiger partial charge in [0, 0.05) is 6.21 Å². The molecule has 5 atom stereocenters. The van der Waals surface area contributed by atoms with Crippen LogP contribution in [0.1, 0.15) is 0 Å². The van der Waals surface area contributed by atoms with E-state index in [1.165, 1.54) is 6.21 Å². The number of ether oxygens (including phenoxy) is 1. The van der Waals surface area contributed by atoms with Gasteiger partial charge in [-0.25, -0.2) is 9.98 Å². The molecule has 0 spiro atoms. The van der Waals surface area contributed by atoms with Gasteiger partial charge in [0.1, 0.15) is 30.5 Å². The van der Waals surface area contributed by atoms with E-state index in [0.29, 0.717) is 0 Å². The van der Waals surface area contributed by atoms with Gasteiger partial charge in [-0.15, -0.1) is 0 Å². The number of amidine groups is 1. The summed E-state index contributed by atoms with van der Waals surface area (Å²) in [6.07, 6.45) is -2.77. The third kappa shape index (κ3) is 2.07. The van der Waals surface area contributed by atoms with Crippen molar-refractivity contribution in [3.05, 3.63) is 0 Å². The molecule has 0 aliphatic carbocycles. The Morgan fingerprint density at radius 1 is 1.47 bits per heavy atom. The van der Waals surface area contributed by atoms with Gasteiger partial charge in [0.25, 0.3) is 5.91 Å². The van der Waals surface area contributed by atoms with Crippen molar-refractivity contribution < 1.29 is 24.9 Å². The monoisotopic (exact) mass is 243 g/mol. The van der Waals surface area contributed by atoms with Crippen molar-refractivity contribution in [3.63, 3.8) is 0 Å². The summed E-state index contributed by atoms with van der Waals surface area (Å²) >= 11 is 0. The highest BCUT2D eigenvalue weighted by Crippen LogP contribution is 2.25. The van der Waals surface area contributed by atoms with E-state index >= 15 is 0 Å². The number of rotatable bonds is 3. The quantitative estimate of drug-likeness (QED) is 0.413. The van der Waals surface area contributed by atoms with Gasteiger partial charge >= 0.3 is 0 Å². The second-order valence-electron chi connectivity index (χ2n) is 3.89. The SMILES string of the molecule is NC(=O)C1=NC(C2OC(CO)C(O)C2O)C=N1. The number of primary amides is 1. The first kappa shape index (κ1) is 12.1. The first-order chi connectivity index (χ1) is 8.04. The highest BCUT2D eigenvalue weighted by atomic mass is 16.6. The standard InChI is InChI=1S/C9H13N3O5/c10-8(16)9-11-1-3(12-9)7-6(15)5(14)4(2-13)17-7/h1,3-7,13-15H,2H2,(H2,10,16). The first-order valence-electron chi connectivity index (χ1n) is 5.09. The third-order valence-corrected chi connectivity index (χ3v) is 2.76. The number of nitrogens with zero attached hydrogens (tertiary/aromatic N) is 2. The summed E-state index contributed by atoms with van der Waals surface area (Å²) < 4.78 is 5.25. The molecule has 0 radical (unpaired) electrons. The highest BCUT2D eigenvalue weighted by Gasteiger charge is 2.46. The molecule has 2 rings (SSSR count). The average Bonchev–Trinajstić information content (AvgIpc) is 2.87. The summed E-state index contributed by atoms with van der Waals surface area (Å²) in [7, 11) is 0. The van der Waals surface area contributed by atoms with Crippen LogP contribution in [0, 0.1) is 0 Å². The van der Waals surface area contributed by atoms with Gasteiger partial charge in [-0.1, -0.05) is 0 Å². The molecule has 1 amide bonds. The number of hydrogen-bond acceptors (Lipinski definition) is 7. The number of amides is 1. The molecule has 0 saturated carbocycles. The van der Waals surface area contributed by atoms with Crippen molar-refractivity contribution in [1.29, 1.82) is 0 Å². The maximum atomic E-state index is 10.8. The molecule has 2 aliphatic rings. The topological polar surface area (TPSA) is 138 Å². The van der Waals surface area contributed by atoms with Crippen molar-refractivity contribution in [3.8, 4) is 0 Å². The summed E-state index contributed by atoms with van der Waals surface area (Å²) in [5.41, 5.74) is 5.00. The van der Waals surface area contributed by atoms with Crippen LogP contribution in [-0.4, -0.2) is 70.3 Å². The van der Waals surface area contributed by atoms with Crippen LogP contribution in [-0.2, 0) is 9.53 Å². The van der Waals surface area contributed by atoms with Crippen LogP contribution < -0.4 is 5.73 Å². The Morgan fingerprint density at radius 2 is 2.18 bits per heavy atom. The lowest BCUT2D eigenvalue weighted by atomic mass is 10.0. The van der Waals surface area contributed by atoms with Gasteiger partial charge in [-0.3, -0.25) is 4.79 Å². The summed E-state index contributed by atoms with van der Waals surface area (Å²) in [5, 5.41) is 28.2. The molecule has 1 saturated heterocycles. The van der Waals surface area contributed by atoms with Crippen molar-refractivity contribution in [1.82, 2.24) is 0 Å². The predicted molar refractivity (Wildman–Crippen MR) is 56.7 cm³/mol. The van der Waals surface area contributed by atoms with Gasteiger partial charge in [-0.2, -0.15) is 0 Å². The number of hydrogen-bond donors (Lipinski definition) is 4. The Bertz CT molecular complexity index is 383. The molecule has 0 aromatic rings. The van der Waals surface area contributed by atoms with E-state index in [0.717, 1.165) is 0 Å². The molecule has 0 aromatic carbocycles. The smallest absolute Gasteiger partial charge is 0.286 e. The third-order valence-electron chi connectivity index (χ3n) is 2.76. The Balaban J connectivity index is 2.11. The van der Waals surface area contributed by atoms with Gasteiger partial charge in [-0.05, 0) is 0 Å². The zero-order chi connectivity index (χ0) is 12.6. The highest BCUT2D eigenvalue weighted by molar-refractivity contribution is 6.40. The number of nitrogens with two attached hydrogens (primary N) is 1. The van der Waals surface area contributed by atoms with Crippen LogP contribution in [0.2, 0.25) is 0 Å². The van der Waals surface area contributed by atoms with Crippen molar-refractivity contribution in [2.75, 3.05) is 6.61 Å². The molecule has 8 heteroatoms. The van der Waals surface area contributed by atoms with E-state index in [9.17, 15) is 15.0 Å². The number of aliphatic imine (C=N–C) groups is 2. The minimum Gasteiger partial charge on any atom is -0.394 e. The summed E-state index contributed by atoms with van der Waals surface area (Å²) in [6.45, 7) is -0.412. The number of carbonyl (C=O) groups excluding carboxylic acids is 1. The lowest BCUT2D eigenvalue weighted by Gasteiger charge is -2.16. The van der Waals surface area contributed by atoms with Crippen molar-refractivity contribution in [2.24, 2.45) is 15.7 Å². The Hall–Kier alpha value is -1.35. The zero-order valence-corrected chi connectivity index (χ0v) is 8.80. The number of carbonyl (C=O) groups is 1. The fourth-order valence-corrected chi connectivity index (χ4v) is 1.85. The molecule has 1 fully saturated rings. The molecular formula is C9H13N3O5. The van der Waals surface area contributed by atoms with Gasteiger partial charge in [0.05, 0.1) is 6.61 Å². The van der Waals surface area contributed by atoms with Gasteiger partial charge < -0.3 is 25.8 Å². The van der Waals surface area contributed by atoms with Crippen LogP contribution in [0.15, 0.2) is 9.98 Å². The van der Waals surface area contributed by atoms with E-state index in [1.807, 2.05) is 0 Å². The zero-order valence-electron chi connectivity index (χ0n) is 8.80. The largest absolute Gasteiger partial charge is 0.394 e. The minimum atomic E-state index is -1.19. The van der Waals surface area contributed by atoms with E-state index in [4.69, 9.17) is 15.6 Å². The van der Waals surface area contributed by atoms with Crippen LogP contribution >= 0.6 is 0 Å². The number of aliphatic hydroxyl groups is 3. The van der Waals surface area contributed by atoms with E-state index in [-0.39, 0.29) is 5.84 Å². The van der Waals surface area contributed by atoms with Crippen LogP contribution in [0.4, 0.5) is 0 Å². The maximum absolute atomic E-state index is 10.8. The van der Waals surface area contributed by atoms with Crippen LogP contribution in [0.5, 0.6) is 0 Å². The fourth-order valence-electron chi connectivity index (χ4n) is 1.85. The Kier molecular flexibility index (Phi) is 3.20. The first-order valence-corrected chi connectivity index (χ1v) is 5.09.